The second kappa shape index (κ2) is 14.8. The highest BCUT2D eigenvalue weighted by atomic mass is 127. The van der Waals surface area contributed by atoms with Crippen LogP contribution in [0.25, 0.3) is 0 Å². The fourth-order valence-electron chi connectivity index (χ4n) is 3.90. The Bertz CT molecular complexity index is 423. The number of guanidine groups is 1. The molecular weight excluding hydrogens is 469 g/mol. The number of rotatable bonds is 9. The van der Waals surface area contributed by atoms with Crippen LogP contribution in [-0.4, -0.2) is 75.7 Å². The first-order valence-electron chi connectivity index (χ1n) is 10.9. The molecule has 28 heavy (non-hydrogen) atoms. The van der Waals surface area contributed by atoms with E-state index < -0.39 is 0 Å². The topological polar surface area (TPSA) is 55.3 Å². The monoisotopic (exact) mass is 511 g/mol. The molecule has 2 aliphatic heterocycles. The largest absolute Gasteiger partial charge is 0.378 e. The minimum Gasteiger partial charge on any atom is -0.378 e. The molecule has 7 heteroatoms. The summed E-state index contributed by atoms with van der Waals surface area (Å²) in [6, 6.07) is 0. The molecule has 2 unspecified atom stereocenters. The Hall–Kier alpha value is -0.120. The van der Waals surface area contributed by atoms with Gasteiger partial charge in [-0.25, -0.2) is 0 Å². The van der Waals surface area contributed by atoms with Crippen LogP contribution >= 0.6 is 24.0 Å². The fourth-order valence-corrected chi connectivity index (χ4v) is 3.90. The number of nitrogens with zero attached hydrogens (tertiary/aromatic N) is 2. The summed E-state index contributed by atoms with van der Waals surface area (Å²) in [6.45, 7) is 11.8. The molecule has 0 aromatic rings. The van der Waals surface area contributed by atoms with Crippen LogP contribution in [0.4, 0.5) is 0 Å². The van der Waals surface area contributed by atoms with Crippen LogP contribution in [-0.2, 0) is 14.2 Å². The first kappa shape index (κ1) is 25.9. The standard InChI is InChI=1S/C21H41N3O3.HI/c1-5-25-20(17(2)3)9-12-23-21(22-4)24-13-10-18(11-14-24)27-16-19-8-6-7-15-26-19;/h17-20H,5-16H2,1-4H3,(H,22,23);1H. The molecule has 2 aliphatic rings. The van der Waals surface area contributed by atoms with Gasteiger partial charge in [0.25, 0.3) is 0 Å². The molecule has 0 saturated carbocycles. The molecular formula is C21H42IN3O3. The van der Waals surface area contributed by atoms with Gasteiger partial charge < -0.3 is 24.4 Å². The Morgan fingerprint density at radius 3 is 2.54 bits per heavy atom. The van der Waals surface area contributed by atoms with Gasteiger partial charge in [0, 0.05) is 39.9 Å². The highest BCUT2D eigenvalue weighted by Gasteiger charge is 2.24. The van der Waals surface area contributed by atoms with Crippen molar-refractivity contribution < 1.29 is 14.2 Å². The first-order valence-corrected chi connectivity index (χ1v) is 10.9. The lowest BCUT2D eigenvalue weighted by atomic mass is 10.0. The molecule has 0 bridgehead atoms. The summed E-state index contributed by atoms with van der Waals surface area (Å²) in [5.74, 6) is 1.54. The molecule has 166 valence electrons. The Morgan fingerprint density at radius 2 is 1.96 bits per heavy atom. The molecule has 0 radical (unpaired) electrons. The summed E-state index contributed by atoms with van der Waals surface area (Å²) in [7, 11) is 1.87. The predicted octanol–water partition coefficient (Wildman–Crippen LogP) is 3.68. The van der Waals surface area contributed by atoms with Crippen LogP contribution in [0.2, 0.25) is 0 Å². The number of nitrogens with one attached hydrogen (secondary N) is 1. The van der Waals surface area contributed by atoms with Crippen molar-refractivity contribution in [2.24, 2.45) is 10.9 Å². The molecule has 6 nitrogen and oxygen atoms in total. The van der Waals surface area contributed by atoms with Gasteiger partial charge in [-0.1, -0.05) is 13.8 Å². The Kier molecular flexibility index (Phi) is 13.7. The summed E-state index contributed by atoms with van der Waals surface area (Å²) in [4.78, 5) is 6.82. The molecule has 0 amide bonds. The lowest BCUT2D eigenvalue weighted by Gasteiger charge is -2.35. The van der Waals surface area contributed by atoms with Crippen molar-refractivity contribution in [3.05, 3.63) is 0 Å². The van der Waals surface area contributed by atoms with E-state index in [1.165, 1.54) is 12.8 Å². The normalized spacial score (nSPS) is 22.8. The summed E-state index contributed by atoms with van der Waals surface area (Å²) in [5.41, 5.74) is 0. The minimum atomic E-state index is 0. The predicted molar refractivity (Wildman–Crippen MR) is 126 cm³/mol. The number of piperidine rings is 1. The second-order valence-corrected chi connectivity index (χ2v) is 8.01. The zero-order valence-electron chi connectivity index (χ0n) is 18.3. The van der Waals surface area contributed by atoms with Gasteiger partial charge in [0.15, 0.2) is 5.96 Å². The number of hydrogen-bond acceptors (Lipinski definition) is 4. The van der Waals surface area contributed by atoms with E-state index >= 15 is 0 Å². The zero-order valence-corrected chi connectivity index (χ0v) is 20.7. The van der Waals surface area contributed by atoms with Crippen molar-refractivity contribution in [1.29, 1.82) is 0 Å². The van der Waals surface area contributed by atoms with Gasteiger partial charge in [0.1, 0.15) is 0 Å². The van der Waals surface area contributed by atoms with Crippen molar-refractivity contribution in [2.45, 2.75) is 77.6 Å². The van der Waals surface area contributed by atoms with Crippen molar-refractivity contribution >= 4 is 29.9 Å². The molecule has 0 spiro atoms. The van der Waals surface area contributed by atoms with E-state index in [1.54, 1.807) is 0 Å². The van der Waals surface area contributed by atoms with Crippen LogP contribution < -0.4 is 5.32 Å². The summed E-state index contributed by atoms with van der Waals surface area (Å²) in [6.07, 6.45) is 7.71. The Labute approximate surface area is 189 Å². The average molecular weight is 511 g/mol. The fraction of sp³-hybridized carbons (Fsp3) is 0.952. The first-order chi connectivity index (χ1) is 13.1. The second-order valence-electron chi connectivity index (χ2n) is 8.01. The van der Waals surface area contributed by atoms with Gasteiger partial charge in [-0.3, -0.25) is 4.99 Å². The van der Waals surface area contributed by atoms with Crippen molar-refractivity contribution in [1.82, 2.24) is 10.2 Å². The van der Waals surface area contributed by atoms with Crippen molar-refractivity contribution in [2.75, 3.05) is 46.5 Å². The Balaban J connectivity index is 0.00000392. The van der Waals surface area contributed by atoms with Crippen LogP contribution in [0.3, 0.4) is 0 Å². The lowest BCUT2D eigenvalue weighted by molar-refractivity contribution is -0.0721. The van der Waals surface area contributed by atoms with E-state index in [0.717, 1.165) is 71.1 Å². The molecule has 0 aromatic carbocycles. The third-order valence-corrected chi connectivity index (χ3v) is 5.58. The SMILES string of the molecule is CCOC(CCNC(=NC)N1CCC(OCC2CCCCO2)CC1)C(C)C.I. The maximum absolute atomic E-state index is 6.12. The smallest absolute Gasteiger partial charge is 0.193 e. The number of halogens is 1. The molecule has 2 heterocycles. The van der Waals surface area contributed by atoms with Crippen LogP contribution in [0.15, 0.2) is 4.99 Å². The quantitative estimate of drug-likeness (QED) is 0.291. The minimum absolute atomic E-state index is 0. The van der Waals surface area contributed by atoms with Gasteiger partial charge in [-0.05, 0) is 51.4 Å². The van der Waals surface area contributed by atoms with Gasteiger partial charge in [0.05, 0.1) is 24.9 Å². The molecule has 2 fully saturated rings. The van der Waals surface area contributed by atoms with Crippen LogP contribution in [0.1, 0.15) is 59.3 Å². The third-order valence-electron chi connectivity index (χ3n) is 5.58. The molecule has 0 aliphatic carbocycles. The van der Waals surface area contributed by atoms with E-state index in [-0.39, 0.29) is 24.0 Å². The van der Waals surface area contributed by atoms with Gasteiger partial charge in [-0.15, -0.1) is 24.0 Å². The summed E-state index contributed by atoms with van der Waals surface area (Å²) in [5, 5.41) is 3.52. The Morgan fingerprint density at radius 1 is 1.21 bits per heavy atom. The molecule has 0 aromatic heterocycles. The van der Waals surface area contributed by atoms with E-state index in [4.69, 9.17) is 14.2 Å². The van der Waals surface area contributed by atoms with E-state index in [2.05, 4.69) is 36.0 Å². The maximum Gasteiger partial charge on any atom is 0.193 e. The van der Waals surface area contributed by atoms with Gasteiger partial charge in [-0.2, -0.15) is 0 Å². The summed E-state index contributed by atoms with van der Waals surface area (Å²) < 4.78 is 17.7. The summed E-state index contributed by atoms with van der Waals surface area (Å²) >= 11 is 0. The van der Waals surface area contributed by atoms with Crippen molar-refractivity contribution in [3.8, 4) is 0 Å². The highest BCUT2D eigenvalue weighted by Crippen LogP contribution is 2.18. The molecule has 2 saturated heterocycles. The number of likely N-dealkylation sites (tertiary alicyclic amines) is 1. The maximum atomic E-state index is 6.12. The number of hydrogen-bond donors (Lipinski definition) is 1. The van der Waals surface area contributed by atoms with Gasteiger partial charge in [0.2, 0.25) is 0 Å². The van der Waals surface area contributed by atoms with Gasteiger partial charge >= 0.3 is 0 Å². The lowest BCUT2D eigenvalue weighted by Crippen LogP contribution is -2.47. The van der Waals surface area contributed by atoms with E-state index in [9.17, 15) is 0 Å². The number of ether oxygens (including phenoxy) is 3. The average Bonchev–Trinajstić information content (AvgIpc) is 2.70. The molecule has 1 N–H and O–H groups in total. The van der Waals surface area contributed by atoms with Crippen LogP contribution in [0, 0.1) is 5.92 Å². The molecule has 2 atom stereocenters. The van der Waals surface area contributed by atoms with E-state index in [1.807, 2.05) is 7.05 Å². The van der Waals surface area contributed by atoms with E-state index in [0.29, 0.717) is 24.2 Å². The molecule has 2 rings (SSSR count). The third kappa shape index (κ3) is 9.13. The van der Waals surface area contributed by atoms with Crippen LogP contribution in [0.5, 0.6) is 0 Å². The van der Waals surface area contributed by atoms with Crippen molar-refractivity contribution in [3.63, 3.8) is 0 Å². The highest BCUT2D eigenvalue weighted by molar-refractivity contribution is 14.0. The number of aliphatic imine (C=N–C) groups is 1. The zero-order chi connectivity index (χ0) is 19.5.